The Hall–Kier alpha value is -2.80. The molecule has 7 heteroatoms. The number of rotatable bonds is 7. The molecule has 0 radical (unpaired) electrons. The SMILES string of the molecule is C=CCNC(=NCc1ccccn1)NC[C@@H](O)c1ccc(F)c(F)c1. The molecule has 1 aromatic heterocycles. The molecule has 1 aromatic carbocycles. The molecular formula is C18H20F2N4O. The van der Waals surface area contributed by atoms with E-state index in [4.69, 9.17) is 0 Å². The van der Waals surface area contributed by atoms with Crippen LogP contribution < -0.4 is 10.6 Å². The maximum absolute atomic E-state index is 13.3. The Balaban J connectivity index is 1.98. The average Bonchev–Trinajstić information content (AvgIpc) is 2.64. The smallest absolute Gasteiger partial charge is 0.192 e. The number of nitrogens with one attached hydrogen (secondary N) is 2. The first-order chi connectivity index (χ1) is 12.1. The number of halogens is 2. The van der Waals surface area contributed by atoms with Crippen molar-refractivity contribution in [1.29, 1.82) is 0 Å². The summed E-state index contributed by atoms with van der Waals surface area (Å²) < 4.78 is 26.2. The molecule has 0 spiro atoms. The molecule has 0 aliphatic rings. The highest BCUT2D eigenvalue weighted by Crippen LogP contribution is 2.15. The number of hydrogen-bond acceptors (Lipinski definition) is 3. The number of guanidine groups is 1. The van der Waals surface area contributed by atoms with E-state index in [1.165, 1.54) is 6.07 Å². The van der Waals surface area contributed by atoms with Gasteiger partial charge >= 0.3 is 0 Å². The lowest BCUT2D eigenvalue weighted by Gasteiger charge is -2.15. The fourth-order valence-corrected chi connectivity index (χ4v) is 2.03. The fraction of sp³-hybridized carbons (Fsp3) is 0.222. The third kappa shape index (κ3) is 5.96. The van der Waals surface area contributed by atoms with E-state index in [1.807, 2.05) is 18.2 Å². The van der Waals surface area contributed by atoms with Crippen molar-refractivity contribution in [3.63, 3.8) is 0 Å². The second kappa shape index (κ2) is 9.48. The molecule has 0 aliphatic carbocycles. The van der Waals surface area contributed by atoms with Gasteiger partial charge in [-0.2, -0.15) is 0 Å². The van der Waals surface area contributed by atoms with E-state index in [2.05, 4.69) is 27.2 Å². The van der Waals surface area contributed by atoms with Crippen molar-refractivity contribution in [2.24, 2.45) is 4.99 Å². The van der Waals surface area contributed by atoms with E-state index in [-0.39, 0.29) is 12.1 Å². The topological polar surface area (TPSA) is 69.5 Å². The molecule has 0 aliphatic heterocycles. The zero-order valence-corrected chi connectivity index (χ0v) is 13.6. The molecule has 2 rings (SSSR count). The third-order valence-electron chi connectivity index (χ3n) is 3.33. The molecule has 132 valence electrons. The largest absolute Gasteiger partial charge is 0.387 e. The van der Waals surface area contributed by atoms with Crippen molar-refractivity contribution in [3.05, 3.63) is 78.1 Å². The summed E-state index contributed by atoms with van der Waals surface area (Å²) in [6.45, 7) is 4.54. The number of hydrogen-bond donors (Lipinski definition) is 3. The van der Waals surface area contributed by atoms with Gasteiger partial charge in [0.25, 0.3) is 0 Å². The first-order valence-electron chi connectivity index (χ1n) is 7.76. The van der Waals surface area contributed by atoms with Crippen molar-refractivity contribution in [2.45, 2.75) is 12.6 Å². The van der Waals surface area contributed by atoms with Gasteiger partial charge in [-0.3, -0.25) is 4.98 Å². The standard InChI is InChI=1S/C18H20F2N4O/c1-2-8-22-18(23-11-14-5-3-4-9-21-14)24-12-17(25)13-6-7-15(19)16(20)10-13/h2-7,9-10,17,25H,1,8,11-12H2,(H2,22,23,24)/t17-/m1/s1. The highest BCUT2D eigenvalue weighted by molar-refractivity contribution is 5.79. The van der Waals surface area contributed by atoms with Gasteiger partial charge in [0, 0.05) is 19.3 Å². The number of aliphatic imine (C=N–C) groups is 1. The van der Waals surface area contributed by atoms with E-state index in [9.17, 15) is 13.9 Å². The predicted molar refractivity (Wildman–Crippen MR) is 92.9 cm³/mol. The van der Waals surface area contributed by atoms with Crippen molar-refractivity contribution in [3.8, 4) is 0 Å². The third-order valence-corrected chi connectivity index (χ3v) is 3.33. The van der Waals surface area contributed by atoms with Gasteiger partial charge in [0.15, 0.2) is 17.6 Å². The number of pyridine rings is 1. The van der Waals surface area contributed by atoms with Gasteiger partial charge in [-0.25, -0.2) is 13.8 Å². The number of aromatic nitrogens is 1. The molecule has 0 saturated heterocycles. The number of aliphatic hydroxyl groups is 1. The minimum Gasteiger partial charge on any atom is -0.387 e. The van der Waals surface area contributed by atoms with Crippen molar-refractivity contribution < 1.29 is 13.9 Å². The van der Waals surface area contributed by atoms with Crippen molar-refractivity contribution >= 4 is 5.96 Å². The maximum atomic E-state index is 13.3. The first kappa shape index (κ1) is 18.5. The molecule has 0 bridgehead atoms. The quantitative estimate of drug-likeness (QED) is 0.409. The summed E-state index contributed by atoms with van der Waals surface area (Å²) in [5.74, 6) is -1.49. The van der Waals surface area contributed by atoms with Crippen LogP contribution in [0.1, 0.15) is 17.4 Å². The van der Waals surface area contributed by atoms with Gasteiger partial charge in [0.1, 0.15) is 0 Å². The van der Waals surface area contributed by atoms with Crippen LogP contribution >= 0.6 is 0 Å². The number of nitrogens with zero attached hydrogens (tertiary/aromatic N) is 2. The lowest BCUT2D eigenvalue weighted by atomic mass is 10.1. The van der Waals surface area contributed by atoms with Gasteiger partial charge in [0.2, 0.25) is 0 Å². The molecule has 0 fully saturated rings. The van der Waals surface area contributed by atoms with Crippen LogP contribution in [0.2, 0.25) is 0 Å². The molecule has 25 heavy (non-hydrogen) atoms. The van der Waals surface area contributed by atoms with Gasteiger partial charge < -0.3 is 15.7 Å². The second-order valence-electron chi connectivity index (χ2n) is 5.23. The normalized spacial score (nSPS) is 12.5. The summed E-state index contributed by atoms with van der Waals surface area (Å²) in [5.41, 5.74) is 1.07. The Morgan fingerprint density at radius 1 is 1.24 bits per heavy atom. The van der Waals surface area contributed by atoms with Crippen LogP contribution in [0.15, 0.2) is 60.2 Å². The monoisotopic (exact) mass is 346 g/mol. The van der Waals surface area contributed by atoms with Crippen LogP contribution in [-0.2, 0) is 6.54 Å². The van der Waals surface area contributed by atoms with E-state index < -0.39 is 17.7 Å². The lowest BCUT2D eigenvalue weighted by Crippen LogP contribution is -2.39. The molecule has 0 saturated carbocycles. The number of benzene rings is 1. The van der Waals surface area contributed by atoms with Crippen LogP contribution in [0.5, 0.6) is 0 Å². The Morgan fingerprint density at radius 3 is 2.76 bits per heavy atom. The summed E-state index contributed by atoms with van der Waals surface area (Å²) >= 11 is 0. The summed E-state index contributed by atoms with van der Waals surface area (Å²) in [6.07, 6.45) is 2.34. The Labute approximate surface area is 145 Å². The van der Waals surface area contributed by atoms with Crippen LogP contribution in [0, 0.1) is 11.6 Å². The van der Waals surface area contributed by atoms with Crippen LogP contribution in [0.3, 0.4) is 0 Å². The van der Waals surface area contributed by atoms with Crippen LogP contribution in [-0.4, -0.2) is 29.1 Å². The molecular weight excluding hydrogens is 326 g/mol. The zero-order chi connectivity index (χ0) is 18.1. The first-order valence-corrected chi connectivity index (χ1v) is 7.76. The Bertz CT molecular complexity index is 722. The van der Waals surface area contributed by atoms with Crippen molar-refractivity contribution in [1.82, 2.24) is 15.6 Å². The second-order valence-corrected chi connectivity index (χ2v) is 5.23. The van der Waals surface area contributed by atoms with E-state index in [1.54, 1.807) is 12.3 Å². The predicted octanol–water partition coefficient (Wildman–Crippen LogP) is 2.31. The Kier molecular flexibility index (Phi) is 7.03. The fourth-order valence-electron chi connectivity index (χ4n) is 2.03. The van der Waals surface area contributed by atoms with Crippen LogP contribution in [0.25, 0.3) is 0 Å². The molecule has 1 heterocycles. The maximum Gasteiger partial charge on any atom is 0.192 e. The van der Waals surface area contributed by atoms with E-state index in [0.717, 1.165) is 17.8 Å². The summed E-state index contributed by atoms with van der Waals surface area (Å²) in [7, 11) is 0. The Morgan fingerprint density at radius 2 is 2.08 bits per heavy atom. The molecule has 0 unspecified atom stereocenters. The lowest BCUT2D eigenvalue weighted by molar-refractivity contribution is 0.180. The molecule has 3 N–H and O–H groups in total. The van der Waals surface area contributed by atoms with Gasteiger partial charge in [-0.15, -0.1) is 6.58 Å². The highest BCUT2D eigenvalue weighted by atomic mass is 19.2. The van der Waals surface area contributed by atoms with Gasteiger partial charge in [0.05, 0.1) is 18.3 Å². The van der Waals surface area contributed by atoms with Crippen LogP contribution in [0.4, 0.5) is 8.78 Å². The average molecular weight is 346 g/mol. The van der Waals surface area contributed by atoms with Gasteiger partial charge in [-0.1, -0.05) is 18.2 Å². The summed E-state index contributed by atoms with van der Waals surface area (Å²) in [5, 5.41) is 16.1. The molecule has 1 atom stereocenters. The highest BCUT2D eigenvalue weighted by Gasteiger charge is 2.11. The minimum absolute atomic E-state index is 0.0796. The molecule has 2 aromatic rings. The summed E-state index contributed by atoms with van der Waals surface area (Å²) in [4.78, 5) is 8.55. The zero-order valence-electron chi connectivity index (χ0n) is 13.6. The minimum atomic E-state index is -1.01. The molecule has 5 nitrogen and oxygen atoms in total. The van der Waals surface area contributed by atoms with Crippen molar-refractivity contribution in [2.75, 3.05) is 13.1 Å². The van der Waals surface area contributed by atoms with E-state index >= 15 is 0 Å². The van der Waals surface area contributed by atoms with E-state index in [0.29, 0.717) is 19.0 Å². The summed E-state index contributed by atoms with van der Waals surface area (Å²) in [6, 6.07) is 8.84. The molecule has 0 amide bonds. The van der Waals surface area contributed by atoms with Gasteiger partial charge in [-0.05, 0) is 29.8 Å². The number of aliphatic hydroxyl groups excluding tert-OH is 1.